The molecular weight excluding hydrogens is 200 g/mol. The normalized spacial score (nSPS) is 23.9. The van der Waals surface area contributed by atoms with Gasteiger partial charge in [0.25, 0.3) is 0 Å². The van der Waals surface area contributed by atoms with Gasteiger partial charge in [0.1, 0.15) is 18.0 Å². The maximum absolute atomic E-state index is 5.88. The Morgan fingerprint density at radius 1 is 1.44 bits per heavy atom. The number of anilines is 2. The predicted molar refractivity (Wildman–Crippen MR) is 66.2 cm³/mol. The summed E-state index contributed by atoms with van der Waals surface area (Å²) in [5, 5.41) is 3.47. The van der Waals surface area contributed by atoms with Gasteiger partial charge in [-0.2, -0.15) is 0 Å². The lowest BCUT2D eigenvalue weighted by atomic mass is 9.82. The molecule has 0 saturated heterocycles. The molecule has 3 N–H and O–H groups in total. The second-order valence-corrected chi connectivity index (χ2v) is 4.75. The smallest absolute Gasteiger partial charge is 0.134 e. The average Bonchev–Trinajstić information content (AvgIpc) is 2.21. The van der Waals surface area contributed by atoms with E-state index in [4.69, 9.17) is 5.73 Å². The van der Waals surface area contributed by atoms with Crippen LogP contribution in [0.3, 0.4) is 0 Å². The van der Waals surface area contributed by atoms with E-state index in [0.717, 1.165) is 30.1 Å². The Bertz CT molecular complexity index is 358. The van der Waals surface area contributed by atoms with Gasteiger partial charge in [-0.15, -0.1) is 0 Å². The fourth-order valence-corrected chi connectivity index (χ4v) is 2.26. The SMILES string of the molecule is CCCc1c(N)ncnc1NC1CC(C)C1. The van der Waals surface area contributed by atoms with Crippen molar-refractivity contribution in [1.29, 1.82) is 0 Å². The first-order valence-corrected chi connectivity index (χ1v) is 6.06. The number of nitrogens with zero attached hydrogens (tertiary/aromatic N) is 2. The monoisotopic (exact) mass is 220 g/mol. The number of hydrogen-bond acceptors (Lipinski definition) is 4. The van der Waals surface area contributed by atoms with Crippen LogP contribution in [0.1, 0.15) is 38.7 Å². The van der Waals surface area contributed by atoms with Crippen molar-refractivity contribution < 1.29 is 0 Å². The molecule has 4 heteroatoms. The summed E-state index contributed by atoms with van der Waals surface area (Å²) in [6, 6.07) is 0.569. The second kappa shape index (κ2) is 4.68. The Labute approximate surface area is 96.7 Å². The Kier molecular flexibility index (Phi) is 3.27. The minimum absolute atomic E-state index is 0.569. The van der Waals surface area contributed by atoms with E-state index in [2.05, 4.69) is 29.1 Å². The lowest BCUT2D eigenvalue weighted by Gasteiger charge is -2.34. The molecule has 1 fully saturated rings. The van der Waals surface area contributed by atoms with Gasteiger partial charge in [0.15, 0.2) is 0 Å². The highest BCUT2D eigenvalue weighted by atomic mass is 15.1. The van der Waals surface area contributed by atoms with Crippen LogP contribution in [-0.2, 0) is 6.42 Å². The first kappa shape index (κ1) is 11.2. The van der Waals surface area contributed by atoms with Gasteiger partial charge >= 0.3 is 0 Å². The highest BCUT2D eigenvalue weighted by Crippen LogP contribution is 2.30. The van der Waals surface area contributed by atoms with Crippen LogP contribution in [0.4, 0.5) is 11.6 Å². The number of rotatable bonds is 4. The van der Waals surface area contributed by atoms with Crippen LogP contribution in [0.5, 0.6) is 0 Å². The third-order valence-electron chi connectivity index (χ3n) is 3.19. The Balaban J connectivity index is 2.09. The molecule has 1 aliphatic rings. The molecule has 0 bridgehead atoms. The summed E-state index contributed by atoms with van der Waals surface area (Å²) in [6.07, 6.45) is 6.01. The highest BCUT2D eigenvalue weighted by molar-refractivity contribution is 5.55. The number of aromatic nitrogens is 2. The van der Waals surface area contributed by atoms with E-state index in [0.29, 0.717) is 11.9 Å². The fourth-order valence-electron chi connectivity index (χ4n) is 2.26. The molecule has 1 aliphatic carbocycles. The Morgan fingerprint density at radius 2 is 2.19 bits per heavy atom. The van der Waals surface area contributed by atoms with E-state index >= 15 is 0 Å². The molecule has 2 rings (SSSR count). The summed E-state index contributed by atoms with van der Waals surface area (Å²) in [6.45, 7) is 4.42. The number of nitrogens with one attached hydrogen (secondary N) is 1. The molecule has 0 spiro atoms. The van der Waals surface area contributed by atoms with Gasteiger partial charge in [0, 0.05) is 11.6 Å². The molecule has 0 aliphatic heterocycles. The van der Waals surface area contributed by atoms with E-state index < -0.39 is 0 Å². The van der Waals surface area contributed by atoms with Gasteiger partial charge in [-0.3, -0.25) is 0 Å². The zero-order valence-corrected chi connectivity index (χ0v) is 10.0. The third kappa shape index (κ3) is 2.26. The standard InChI is InChI=1S/C12H20N4/c1-3-4-10-11(13)14-7-15-12(10)16-9-5-8(2)6-9/h7-9H,3-6H2,1-2H3,(H3,13,14,15,16). The van der Waals surface area contributed by atoms with Gasteiger partial charge in [0.2, 0.25) is 0 Å². The van der Waals surface area contributed by atoms with E-state index in [9.17, 15) is 0 Å². The molecule has 1 aromatic heterocycles. The zero-order chi connectivity index (χ0) is 11.5. The third-order valence-corrected chi connectivity index (χ3v) is 3.19. The number of hydrogen-bond donors (Lipinski definition) is 2. The van der Waals surface area contributed by atoms with Crippen molar-refractivity contribution >= 4 is 11.6 Å². The summed E-state index contributed by atoms with van der Waals surface area (Å²) in [5.74, 6) is 2.39. The molecule has 0 amide bonds. The quantitative estimate of drug-likeness (QED) is 0.816. The minimum Gasteiger partial charge on any atom is -0.383 e. The molecule has 1 heterocycles. The lowest BCUT2D eigenvalue weighted by Crippen LogP contribution is -2.34. The summed E-state index contributed by atoms with van der Waals surface area (Å²) in [5.41, 5.74) is 6.95. The van der Waals surface area contributed by atoms with Crippen molar-refractivity contribution in [3.63, 3.8) is 0 Å². The largest absolute Gasteiger partial charge is 0.383 e. The maximum atomic E-state index is 5.88. The van der Waals surface area contributed by atoms with Crippen molar-refractivity contribution in [3.8, 4) is 0 Å². The van der Waals surface area contributed by atoms with Gasteiger partial charge in [-0.1, -0.05) is 20.3 Å². The van der Waals surface area contributed by atoms with Crippen LogP contribution < -0.4 is 11.1 Å². The first-order valence-electron chi connectivity index (χ1n) is 6.06. The number of nitrogens with two attached hydrogens (primary N) is 1. The number of nitrogen functional groups attached to an aromatic ring is 1. The molecule has 1 aromatic rings. The molecule has 0 atom stereocenters. The Hall–Kier alpha value is -1.32. The van der Waals surface area contributed by atoms with Crippen molar-refractivity contribution in [2.45, 2.75) is 45.6 Å². The lowest BCUT2D eigenvalue weighted by molar-refractivity contribution is 0.308. The van der Waals surface area contributed by atoms with Crippen molar-refractivity contribution in [1.82, 2.24) is 9.97 Å². The minimum atomic E-state index is 0.569. The molecule has 0 aromatic carbocycles. The predicted octanol–water partition coefficient (Wildman–Crippen LogP) is 2.22. The van der Waals surface area contributed by atoms with Crippen LogP contribution >= 0.6 is 0 Å². The van der Waals surface area contributed by atoms with Crippen molar-refractivity contribution in [2.24, 2.45) is 5.92 Å². The second-order valence-electron chi connectivity index (χ2n) is 4.75. The van der Waals surface area contributed by atoms with Gasteiger partial charge in [-0.25, -0.2) is 9.97 Å². The van der Waals surface area contributed by atoms with Crippen molar-refractivity contribution in [3.05, 3.63) is 11.9 Å². The van der Waals surface area contributed by atoms with E-state index in [1.807, 2.05) is 0 Å². The van der Waals surface area contributed by atoms with Crippen LogP contribution in [-0.4, -0.2) is 16.0 Å². The first-order chi connectivity index (χ1) is 7.70. The van der Waals surface area contributed by atoms with E-state index in [1.54, 1.807) is 6.33 Å². The molecular formula is C12H20N4. The average molecular weight is 220 g/mol. The van der Waals surface area contributed by atoms with Crippen LogP contribution in [0, 0.1) is 5.92 Å². The molecule has 88 valence electrons. The topological polar surface area (TPSA) is 63.8 Å². The van der Waals surface area contributed by atoms with Crippen LogP contribution in [0.2, 0.25) is 0 Å². The summed E-state index contributed by atoms with van der Waals surface area (Å²) >= 11 is 0. The van der Waals surface area contributed by atoms with Gasteiger partial charge in [0.05, 0.1) is 0 Å². The van der Waals surface area contributed by atoms with E-state index in [1.165, 1.54) is 12.8 Å². The molecule has 0 unspecified atom stereocenters. The van der Waals surface area contributed by atoms with E-state index in [-0.39, 0.29) is 0 Å². The summed E-state index contributed by atoms with van der Waals surface area (Å²) < 4.78 is 0. The Morgan fingerprint density at radius 3 is 2.81 bits per heavy atom. The summed E-state index contributed by atoms with van der Waals surface area (Å²) in [4.78, 5) is 8.35. The zero-order valence-electron chi connectivity index (χ0n) is 10.0. The molecule has 1 saturated carbocycles. The molecule has 4 nitrogen and oxygen atoms in total. The highest BCUT2D eigenvalue weighted by Gasteiger charge is 2.26. The molecule has 0 radical (unpaired) electrons. The summed E-state index contributed by atoms with van der Waals surface area (Å²) in [7, 11) is 0. The van der Waals surface area contributed by atoms with Crippen LogP contribution in [0.15, 0.2) is 6.33 Å². The van der Waals surface area contributed by atoms with Crippen LogP contribution in [0.25, 0.3) is 0 Å². The van der Waals surface area contributed by atoms with Gasteiger partial charge < -0.3 is 11.1 Å². The fraction of sp³-hybridized carbons (Fsp3) is 0.667. The van der Waals surface area contributed by atoms with Gasteiger partial charge in [-0.05, 0) is 25.2 Å². The maximum Gasteiger partial charge on any atom is 0.134 e. The van der Waals surface area contributed by atoms with Crippen molar-refractivity contribution in [2.75, 3.05) is 11.1 Å². The molecule has 16 heavy (non-hydrogen) atoms.